The standard InChI is InChI=1S/C26H26FN3O4/c1-28-26(32)29-15-8-9-21-19(10-15)25(31)22(34-21)13-18-17-11-16(33-2)12-20(27)24(17)30-23(18)14-6-4-3-5-7-14/h8-14,30H,3-7H2,1-2H3,(H2,28,29,32)/b22-13-. The van der Waals surface area contributed by atoms with Gasteiger partial charge in [-0.1, -0.05) is 19.3 Å². The Balaban J connectivity index is 1.59. The molecule has 2 aromatic carbocycles. The quantitative estimate of drug-likeness (QED) is 0.431. The number of carbonyl (C=O) groups is 2. The zero-order valence-corrected chi connectivity index (χ0v) is 19.1. The summed E-state index contributed by atoms with van der Waals surface area (Å²) in [6.07, 6.45) is 7.14. The van der Waals surface area contributed by atoms with Crippen LogP contribution in [0, 0.1) is 5.82 Å². The molecule has 1 aromatic heterocycles. The second-order valence-electron chi connectivity index (χ2n) is 8.67. The molecule has 7 nitrogen and oxygen atoms in total. The van der Waals surface area contributed by atoms with Crippen molar-refractivity contribution in [3.05, 3.63) is 58.7 Å². The number of anilines is 1. The zero-order valence-electron chi connectivity index (χ0n) is 19.1. The van der Waals surface area contributed by atoms with Crippen LogP contribution < -0.4 is 20.1 Å². The Morgan fingerprint density at radius 2 is 2.00 bits per heavy atom. The Morgan fingerprint density at radius 1 is 1.21 bits per heavy atom. The SMILES string of the molecule is CNC(=O)Nc1ccc2c(c1)C(=O)/C(=C/c1c(C3CCCCC3)[nH]c3c(F)cc(OC)cc13)O2. The van der Waals surface area contributed by atoms with E-state index < -0.39 is 5.82 Å². The van der Waals surface area contributed by atoms with Crippen LogP contribution in [0.25, 0.3) is 17.0 Å². The molecule has 3 N–H and O–H groups in total. The van der Waals surface area contributed by atoms with E-state index >= 15 is 0 Å². The van der Waals surface area contributed by atoms with Crippen LogP contribution in [-0.2, 0) is 0 Å². The number of H-pyrrole nitrogens is 1. The average molecular weight is 464 g/mol. The van der Waals surface area contributed by atoms with Crippen molar-refractivity contribution in [1.82, 2.24) is 10.3 Å². The number of hydrogen-bond donors (Lipinski definition) is 3. The van der Waals surface area contributed by atoms with Gasteiger partial charge >= 0.3 is 6.03 Å². The largest absolute Gasteiger partial charge is 0.497 e. The molecule has 5 rings (SSSR count). The molecule has 8 heteroatoms. The molecular formula is C26H26FN3O4. The Morgan fingerprint density at radius 3 is 2.74 bits per heavy atom. The van der Waals surface area contributed by atoms with Gasteiger partial charge in [-0.3, -0.25) is 4.79 Å². The van der Waals surface area contributed by atoms with Gasteiger partial charge in [0.2, 0.25) is 5.78 Å². The van der Waals surface area contributed by atoms with Crippen molar-refractivity contribution in [1.29, 1.82) is 0 Å². The van der Waals surface area contributed by atoms with Crippen molar-refractivity contribution < 1.29 is 23.5 Å². The van der Waals surface area contributed by atoms with Crippen molar-refractivity contribution in [2.45, 2.75) is 38.0 Å². The lowest BCUT2D eigenvalue weighted by molar-refractivity contribution is 0.101. The number of hydrogen-bond acceptors (Lipinski definition) is 4. The maximum atomic E-state index is 14.9. The van der Waals surface area contributed by atoms with Crippen LogP contribution in [0.5, 0.6) is 11.5 Å². The first-order chi connectivity index (χ1) is 16.5. The minimum atomic E-state index is -0.400. The molecule has 176 valence electrons. The number of allylic oxidation sites excluding steroid dienone is 1. The number of halogens is 1. The fraction of sp³-hybridized carbons (Fsp3) is 0.308. The predicted molar refractivity (Wildman–Crippen MR) is 128 cm³/mol. The highest BCUT2D eigenvalue weighted by atomic mass is 19.1. The van der Waals surface area contributed by atoms with E-state index in [1.165, 1.54) is 26.6 Å². The average Bonchev–Trinajstić information content (AvgIpc) is 3.37. The molecule has 0 atom stereocenters. The molecular weight excluding hydrogens is 437 g/mol. The highest BCUT2D eigenvalue weighted by Crippen LogP contribution is 2.41. The summed E-state index contributed by atoms with van der Waals surface area (Å²) in [7, 11) is 3.01. The van der Waals surface area contributed by atoms with E-state index in [1.54, 1.807) is 30.3 Å². The van der Waals surface area contributed by atoms with Gasteiger partial charge in [-0.15, -0.1) is 0 Å². The van der Waals surface area contributed by atoms with Gasteiger partial charge in [0.25, 0.3) is 0 Å². The molecule has 2 amide bonds. The summed E-state index contributed by atoms with van der Waals surface area (Å²) >= 11 is 0. The van der Waals surface area contributed by atoms with Crippen LogP contribution >= 0.6 is 0 Å². The fourth-order valence-corrected chi connectivity index (χ4v) is 4.85. The topological polar surface area (TPSA) is 92.5 Å². The summed E-state index contributed by atoms with van der Waals surface area (Å²) in [5.74, 6) is 0.548. The summed E-state index contributed by atoms with van der Waals surface area (Å²) in [5, 5.41) is 5.79. The molecule has 3 aromatic rings. The van der Waals surface area contributed by atoms with E-state index in [9.17, 15) is 14.0 Å². The number of fused-ring (bicyclic) bond motifs is 2. The minimum Gasteiger partial charge on any atom is -0.497 e. The normalized spacial score (nSPS) is 17.0. The summed E-state index contributed by atoms with van der Waals surface area (Å²) in [5.41, 5.74) is 2.91. The molecule has 0 radical (unpaired) electrons. The number of carbonyl (C=O) groups excluding carboxylic acids is 2. The Kier molecular flexibility index (Phi) is 5.73. The van der Waals surface area contributed by atoms with Crippen LogP contribution in [0.3, 0.4) is 0 Å². The molecule has 0 unspecified atom stereocenters. The highest BCUT2D eigenvalue weighted by Gasteiger charge is 2.30. The van der Waals surface area contributed by atoms with E-state index in [1.807, 2.05) is 0 Å². The van der Waals surface area contributed by atoms with Crippen LogP contribution in [0.2, 0.25) is 0 Å². The number of aromatic nitrogens is 1. The second-order valence-corrected chi connectivity index (χ2v) is 8.67. The summed E-state index contributed by atoms with van der Waals surface area (Å²) in [6.45, 7) is 0. The number of amides is 2. The monoisotopic (exact) mass is 463 g/mol. The zero-order chi connectivity index (χ0) is 23.8. The maximum absolute atomic E-state index is 14.9. The number of ketones is 1. The molecule has 0 bridgehead atoms. The van der Waals surface area contributed by atoms with E-state index in [0.29, 0.717) is 33.7 Å². The first-order valence-electron chi connectivity index (χ1n) is 11.4. The maximum Gasteiger partial charge on any atom is 0.318 e. The van der Waals surface area contributed by atoms with Gasteiger partial charge < -0.3 is 25.1 Å². The van der Waals surface area contributed by atoms with Crippen LogP contribution in [0.1, 0.15) is 59.6 Å². The first kappa shape index (κ1) is 22.0. The number of Topliss-reactive ketones (excluding diaryl/α,β-unsaturated/α-hetero) is 1. The lowest BCUT2D eigenvalue weighted by Crippen LogP contribution is -2.24. The van der Waals surface area contributed by atoms with Gasteiger partial charge in [-0.05, 0) is 49.1 Å². The van der Waals surface area contributed by atoms with Crippen LogP contribution in [0.4, 0.5) is 14.9 Å². The Hall–Kier alpha value is -3.81. The lowest BCUT2D eigenvalue weighted by Gasteiger charge is -2.21. The van der Waals surface area contributed by atoms with Crippen molar-refractivity contribution in [2.75, 3.05) is 19.5 Å². The van der Waals surface area contributed by atoms with Gasteiger partial charge in [0, 0.05) is 35.4 Å². The molecule has 0 spiro atoms. The highest BCUT2D eigenvalue weighted by molar-refractivity contribution is 6.16. The number of aromatic amines is 1. The van der Waals surface area contributed by atoms with Gasteiger partial charge in [0.1, 0.15) is 11.5 Å². The Bertz CT molecular complexity index is 1320. The summed E-state index contributed by atoms with van der Waals surface area (Å²) < 4.78 is 26.1. The van der Waals surface area contributed by atoms with E-state index in [-0.39, 0.29) is 23.5 Å². The third kappa shape index (κ3) is 3.89. The summed E-state index contributed by atoms with van der Waals surface area (Å²) in [6, 6.07) is 7.67. The first-order valence-corrected chi connectivity index (χ1v) is 11.4. The van der Waals surface area contributed by atoms with Crippen LogP contribution in [0.15, 0.2) is 36.1 Å². The van der Waals surface area contributed by atoms with E-state index in [0.717, 1.165) is 36.9 Å². The minimum absolute atomic E-state index is 0.160. The number of ether oxygens (including phenoxy) is 2. The third-order valence-corrected chi connectivity index (χ3v) is 6.58. The van der Waals surface area contributed by atoms with Gasteiger partial charge in [-0.2, -0.15) is 0 Å². The molecule has 34 heavy (non-hydrogen) atoms. The lowest BCUT2D eigenvalue weighted by atomic mass is 9.85. The number of urea groups is 1. The van der Waals surface area contributed by atoms with Gasteiger partial charge in [0.05, 0.1) is 18.2 Å². The van der Waals surface area contributed by atoms with Crippen molar-refractivity contribution in [2.24, 2.45) is 0 Å². The molecule has 2 aliphatic rings. The number of rotatable bonds is 4. The molecule has 1 saturated carbocycles. The second kappa shape index (κ2) is 8.85. The third-order valence-electron chi connectivity index (χ3n) is 6.58. The van der Waals surface area contributed by atoms with Crippen LogP contribution in [-0.4, -0.2) is 31.0 Å². The van der Waals surface area contributed by atoms with Crippen molar-refractivity contribution in [3.8, 4) is 11.5 Å². The number of methoxy groups -OCH3 is 1. The summed E-state index contributed by atoms with van der Waals surface area (Å²) in [4.78, 5) is 28.2. The molecule has 1 aliphatic carbocycles. The number of benzene rings is 2. The van der Waals surface area contributed by atoms with Crippen molar-refractivity contribution in [3.63, 3.8) is 0 Å². The van der Waals surface area contributed by atoms with E-state index in [4.69, 9.17) is 9.47 Å². The van der Waals surface area contributed by atoms with Crippen molar-refractivity contribution >= 4 is 34.5 Å². The fourth-order valence-electron chi connectivity index (χ4n) is 4.85. The molecule has 0 saturated heterocycles. The van der Waals surface area contributed by atoms with Gasteiger partial charge in [0.15, 0.2) is 11.6 Å². The Labute approximate surface area is 196 Å². The van der Waals surface area contributed by atoms with E-state index in [2.05, 4.69) is 15.6 Å². The molecule has 1 aliphatic heterocycles. The van der Waals surface area contributed by atoms with Gasteiger partial charge in [-0.25, -0.2) is 9.18 Å². The predicted octanol–water partition coefficient (Wildman–Crippen LogP) is 5.73. The molecule has 2 heterocycles. The molecule has 1 fully saturated rings. The number of nitrogens with one attached hydrogen (secondary N) is 3. The smallest absolute Gasteiger partial charge is 0.318 e.